The van der Waals surface area contributed by atoms with Crippen molar-refractivity contribution in [2.45, 2.75) is 113 Å². The topological polar surface area (TPSA) is 72.5 Å². The molecule has 1 aliphatic carbocycles. The number of amides is 1. The Balaban J connectivity index is 0. The Kier molecular flexibility index (Phi) is 15.0. The molecule has 0 aliphatic heterocycles. The molecule has 0 saturated heterocycles. The summed E-state index contributed by atoms with van der Waals surface area (Å²) in [7, 11) is 0. The molecule has 0 aromatic carbocycles. The highest BCUT2D eigenvalue weighted by Gasteiger charge is 2.29. The molecule has 0 aromatic heterocycles. The molecule has 1 unspecified atom stereocenters. The van der Waals surface area contributed by atoms with Crippen LogP contribution in [0.3, 0.4) is 0 Å². The van der Waals surface area contributed by atoms with Crippen molar-refractivity contribution in [1.82, 2.24) is 5.32 Å². The molecule has 5 heteroatoms. The molecular weight excluding hydrogens is 366 g/mol. The number of ketones is 1. The molecule has 5 nitrogen and oxygen atoms in total. The maximum absolute atomic E-state index is 12.3. The lowest BCUT2D eigenvalue weighted by molar-refractivity contribution is -0.157. The van der Waals surface area contributed by atoms with Crippen molar-refractivity contribution in [3.8, 4) is 0 Å². The van der Waals surface area contributed by atoms with Crippen LogP contribution >= 0.6 is 0 Å². The normalized spacial score (nSPS) is 15.2. The van der Waals surface area contributed by atoms with Crippen LogP contribution in [0.2, 0.25) is 0 Å². The van der Waals surface area contributed by atoms with E-state index in [0.717, 1.165) is 12.8 Å². The predicted octanol–water partition coefficient (Wildman–Crippen LogP) is 5.70. The highest BCUT2D eigenvalue weighted by Crippen LogP contribution is 2.31. The standard InChI is InChI=1S/C17H29NO4.C5H12.C2H6/c1-12(19)11-18-16(21)14(9-13-7-5-6-8-13)10-15(20)22-17(2,3)4;1-5(2,3)4;1-2/h13-14H,5-11H2,1-4H3,(H,18,21);1-4H3;1-2H3. The number of carbonyl (C=O) groups excluding carboxylic acids is 3. The fraction of sp³-hybridized carbons (Fsp3) is 0.875. The minimum atomic E-state index is -0.551. The van der Waals surface area contributed by atoms with Crippen molar-refractivity contribution in [2.24, 2.45) is 17.3 Å². The fourth-order valence-electron chi connectivity index (χ4n) is 2.87. The van der Waals surface area contributed by atoms with Crippen LogP contribution < -0.4 is 5.32 Å². The number of rotatable bonds is 7. The molecule has 0 radical (unpaired) electrons. The Hall–Kier alpha value is -1.39. The van der Waals surface area contributed by atoms with E-state index in [1.165, 1.54) is 19.8 Å². The van der Waals surface area contributed by atoms with Gasteiger partial charge in [0, 0.05) is 5.92 Å². The highest BCUT2D eigenvalue weighted by molar-refractivity contribution is 5.87. The summed E-state index contributed by atoms with van der Waals surface area (Å²) in [5.41, 5.74) is -0.0507. The van der Waals surface area contributed by atoms with Crippen molar-refractivity contribution < 1.29 is 19.1 Å². The predicted molar refractivity (Wildman–Crippen MR) is 121 cm³/mol. The van der Waals surface area contributed by atoms with Crippen LogP contribution in [-0.4, -0.2) is 29.8 Å². The second-order valence-corrected chi connectivity index (χ2v) is 10.3. The first-order valence-electron chi connectivity index (χ1n) is 11.2. The average molecular weight is 414 g/mol. The molecule has 1 atom stereocenters. The second-order valence-electron chi connectivity index (χ2n) is 10.3. The minimum Gasteiger partial charge on any atom is -0.460 e. The van der Waals surface area contributed by atoms with Crippen molar-refractivity contribution in [3.63, 3.8) is 0 Å². The van der Waals surface area contributed by atoms with Crippen LogP contribution in [0.15, 0.2) is 0 Å². The molecular formula is C24H47NO4. The van der Waals surface area contributed by atoms with Gasteiger partial charge in [0.1, 0.15) is 11.4 Å². The van der Waals surface area contributed by atoms with Crippen molar-refractivity contribution >= 4 is 17.7 Å². The monoisotopic (exact) mass is 413 g/mol. The van der Waals surface area contributed by atoms with Crippen molar-refractivity contribution in [2.75, 3.05) is 6.54 Å². The van der Waals surface area contributed by atoms with E-state index in [9.17, 15) is 14.4 Å². The maximum atomic E-state index is 12.3. The Morgan fingerprint density at radius 3 is 1.79 bits per heavy atom. The number of esters is 1. The smallest absolute Gasteiger partial charge is 0.307 e. The van der Waals surface area contributed by atoms with Gasteiger partial charge in [0.05, 0.1) is 13.0 Å². The maximum Gasteiger partial charge on any atom is 0.307 e. The summed E-state index contributed by atoms with van der Waals surface area (Å²) in [6.07, 6.45) is 5.40. The van der Waals surface area contributed by atoms with Crippen LogP contribution in [-0.2, 0) is 19.1 Å². The minimum absolute atomic E-state index is 0.0221. The zero-order valence-electron chi connectivity index (χ0n) is 20.7. The van der Waals surface area contributed by atoms with E-state index < -0.39 is 11.5 Å². The van der Waals surface area contributed by atoms with Gasteiger partial charge >= 0.3 is 5.97 Å². The van der Waals surface area contributed by atoms with Crippen LogP contribution in [0.5, 0.6) is 0 Å². The van der Waals surface area contributed by atoms with Crippen molar-refractivity contribution in [3.05, 3.63) is 0 Å². The van der Waals surface area contributed by atoms with E-state index in [0.29, 0.717) is 17.8 Å². The molecule has 0 spiro atoms. The summed E-state index contributed by atoms with van der Waals surface area (Å²) in [5.74, 6) is -0.570. The Bertz CT molecular complexity index is 474. The van der Waals surface area contributed by atoms with Crippen LogP contribution in [0.4, 0.5) is 0 Å². The average Bonchev–Trinajstić information content (AvgIpc) is 3.03. The summed E-state index contributed by atoms with van der Waals surface area (Å²) in [4.78, 5) is 35.3. The number of carbonyl (C=O) groups is 3. The van der Waals surface area contributed by atoms with Gasteiger partial charge < -0.3 is 10.1 Å². The second kappa shape index (κ2) is 14.6. The van der Waals surface area contributed by atoms with Crippen LogP contribution in [0.25, 0.3) is 0 Å². The SMILES string of the molecule is CC.CC(=O)CNC(=O)C(CC(=O)OC(C)(C)C)CC1CCCC1.CC(C)(C)C. The molecule has 1 saturated carbocycles. The van der Waals surface area contributed by atoms with E-state index >= 15 is 0 Å². The summed E-state index contributed by atoms with van der Waals surface area (Å²) >= 11 is 0. The van der Waals surface area contributed by atoms with E-state index in [2.05, 4.69) is 33.0 Å². The van der Waals surface area contributed by atoms with Gasteiger partial charge in [-0.1, -0.05) is 67.2 Å². The lowest BCUT2D eigenvalue weighted by atomic mass is 9.90. The molecule has 172 valence electrons. The van der Waals surface area contributed by atoms with E-state index in [1.54, 1.807) is 0 Å². The Morgan fingerprint density at radius 1 is 0.966 bits per heavy atom. The molecule has 0 heterocycles. The van der Waals surface area contributed by atoms with Gasteiger partial charge in [0.25, 0.3) is 0 Å². The van der Waals surface area contributed by atoms with E-state index in [4.69, 9.17) is 4.74 Å². The van der Waals surface area contributed by atoms with Crippen LogP contribution in [0.1, 0.15) is 108 Å². The van der Waals surface area contributed by atoms with Gasteiger partial charge in [-0.25, -0.2) is 0 Å². The van der Waals surface area contributed by atoms with Gasteiger partial charge in [-0.15, -0.1) is 0 Å². The first kappa shape index (κ1) is 29.8. The molecule has 29 heavy (non-hydrogen) atoms. The van der Waals surface area contributed by atoms with Gasteiger partial charge in [-0.05, 0) is 45.4 Å². The molecule has 1 aliphatic rings. The molecule has 0 bridgehead atoms. The summed E-state index contributed by atoms with van der Waals surface area (Å²) in [5, 5.41) is 2.63. The summed E-state index contributed by atoms with van der Waals surface area (Å²) in [6, 6.07) is 0. The third-order valence-corrected chi connectivity index (χ3v) is 3.81. The van der Waals surface area contributed by atoms with Crippen LogP contribution in [0, 0.1) is 17.3 Å². The third-order valence-electron chi connectivity index (χ3n) is 3.81. The number of hydrogen-bond donors (Lipinski definition) is 1. The first-order chi connectivity index (χ1) is 13.2. The van der Waals surface area contributed by atoms with Gasteiger partial charge in [0.2, 0.25) is 5.91 Å². The largest absolute Gasteiger partial charge is 0.460 e. The van der Waals surface area contributed by atoms with E-state index in [1.807, 2.05) is 34.6 Å². The lowest BCUT2D eigenvalue weighted by Gasteiger charge is -2.23. The molecule has 0 aromatic rings. The van der Waals surface area contributed by atoms with Gasteiger partial charge in [0.15, 0.2) is 0 Å². The Morgan fingerprint density at radius 2 is 1.41 bits per heavy atom. The third kappa shape index (κ3) is 21.1. The zero-order chi connectivity index (χ0) is 23.3. The van der Waals surface area contributed by atoms with Gasteiger partial charge in [-0.2, -0.15) is 0 Å². The fourth-order valence-corrected chi connectivity index (χ4v) is 2.87. The van der Waals surface area contributed by atoms with Crippen molar-refractivity contribution in [1.29, 1.82) is 0 Å². The Labute approximate surface area is 179 Å². The van der Waals surface area contributed by atoms with E-state index in [-0.39, 0.29) is 30.6 Å². The number of ether oxygens (including phenoxy) is 1. The lowest BCUT2D eigenvalue weighted by Crippen LogP contribution is -2.37. The van der Waals surface area contributed by atoms with Gasteiger partial charge in [-0.3, -0.25) is 14.4 Å². The quantitative estimate of drug-likeness (QED) is 0.543. The molecule has 1 N–H and O–H groups in total. The highest BCUT2D eigenvalue weighted by atomic mass is 16.6. The zero-order valence-corrected chi connectivity index (χ0v) is 20.7. The molecule has 1 amide bonds. The number of hydrogen-bond acceptors (Lipinski definition) is 4. The summed E-state index contributed by atoms with van der Waals surface area (Å²) in [6.45, 7) is 19.6. The molecule has 1 fully saturated rings. The first-order valence-corrected chi connectivity index (χ1v) is 11.2. The number of nitrogens with one attached hydrogen (secondary N) is 1. The molecule has 1 rings (SSSR count). The number of Topliss-reactive ketones (excluding diaryl/α,β-unsaturated/α-hetero) is 1. The summed E-state index contributed by atoms with van der Waals surface area (Å²) < 4.78 is 5.32.